The Bertz CT molecular complexity index is 986. The third kappa shape index (κ3) is 3.38. The third-order valence-electron chi connectivity index (χ3n) is 6.88. The minimum absolute atomic E-state index is 0.312. The molecule has 0 amide bonds. The van der Waals surface area contributed by atoms with Crippen molar-refractivity contribution in [1.29, 1.82) is 0 Å². The summed E-state index contributed by atoms with van der Waals surface area (Å²) in [5, 5.41) is 7.15. The summed E-state index contributed by atoms with van der Waals surface area (Å²) in [7, 11) is 0. The molecule has 5 nitrogen and oxygen atoms in total. The minimum atomic E-state index is 0.312. The second-order valence-electron chi connectivity index (χ2n) is 8.75. The van der Waals surface area contributed by atoms with E-state index >= 15 is 0 Å². The van der Waals surface area contributed by atoms with Crippen molar-refractivity contribution in [2.45, 2.75) is 6.10 Å². The first kappa shape index (κ1) is 18.0. The predicted octanol–water partition coefficient (Wildman–Crippen LogP) is 3.25. The summed E-state index contributed by atoms with van der Waals surface area (Å²) in [5.41, 5.74) is 3.87. The Morgan fingerprint density at radius 1 is 1.10 bits per heavy atom. The van der Waals surface area contributed by atoms with Gasteiger partial charge >= 0.3 is 0 Å². The Kier molecular flexibility index (Phi) is 4.60. The van der Waals surface area contributed by atoms with Gasteiger partial charge in [0, 0.05) is 71.3 Å². The number of ether oxygens (including phenoxy) is 1. The lowest BCUT2D eigenvalue weighted by atomic mass is 10.0. The number of morpholine rings is 1. The van der Waals surface area contributed by atoms with Crippen molar-refractivity contribution in [2.24, 2.45) is 11.8 Å². The molecule has 152 valence electrons. The highest BCUT2D eigenvalue weighted by Crippen LogP contribution is 2.36. The van der Waals surface area contributed by atoms with Crippen molar-refractivity contribution in [3.05, 3.63) is 41.9 Å². The number of nitrogens with zero attached hydrogens (tertiary/aromatic N) is 2. The van der Waals surface area contributed by atoms with Crippen molar-refractivity contribution in [3.8, 4) is 10.4 Å². The summed E-state index contributed by atoms with van der Waals surface area (Å²) < 4.78 is 6.15. The van der Waals surface area contributed by atoms with Crippen LogP contribution in [-0.2, 0) is 4.74 Å². The fraction of sp³-hybridized carbons (Fsp3) is 0.478. The molecule has 5 heterocycles. The van der Waals surface area contributed by atoms with Gasteiger partial charge in [0.1, 0.15) is 0 Å². The van der Waals surface area contributed by atoms with Crippen molar-refractivity contribution < 1.29 is 4.74 Å². The standard InChI is InChI=1S/C23H28N4OS/c1-2-21(20-4-5-25-22(20)3-1)23-8-18(15-29-23)27-6-7-28-19(14-27)13-26-11-16-9-24-10-17(16)12-26/h1-5,8,15-17,19,24-25H,6-7,9-14H2. The Morgan fingerprint density at radius 2 is 2.00 bits per heavy atom. The highest BCUT2D eigenvalue weighted by Gasteiger charge is 2.37. The molecule has 3 saturated heterocycles. The van der Waals surface area contributed by atoms with E-state index < -0.39 is 0 Å². The predicted molar refractivity (Wildman–Crippen MR) is 120 cm³/mol. The molecule has 3 aliphatic heterocycles. The van der Waals surface area contributed by atoms with Crippen LogP contribution in [-0.4, -0.2) is 68.4 Å². The van der Waals surface area contributed by atoms with Crippen LogP contribution in [0.4, 0.5) is 5.69 Å². The van der Waals surface area contributed by atoms with Crippen LogP contribution >= 0.6 is 11.3 Å². The molecular weight excluding hydrogens is 380 g/mol. The van der Waals surface area contributed by atoms with Crippen molar-refractivity contribution in [1.82, 2.24) is 15.2 Å². The average molecular weight is 409 g/mol. The van der Waals surface area contributed by atoms with Gasteiger partial charge in [-0.15, -0.1) is 11.3 Å². The molecule has 0 radical (unpaired) electrons. The zero-order valence-corrected chi connectivity index (χ0v) is 17.5. The van der Waals surface area contributed by atoms with E-state index in [1.165, 1.54) is 53.2 Å². The van der Waals surface area contributed by atoms with E-state index in [1.54, 1.807) is 0 Å². The molecule has 29 heavy (non-hydrogen) atoms. The number of benzene rings is 1. The van der Waals surface area contributed by atoms with Gasteiger partial charge in [0.05, 0.1) is 12.7 Å². The monoisotopic (exact) mass is 408 g/mol. The Hall–Kier alpha value is -1.86. The fourth-order valence-corrected chi connectivity index (χ4v) is 6.35. The van der Waals surface area contributed by atoms with Crippen molar-refractivity contribution >= 4 is 27.9 Å². The Balaban J connectivity index is 1.15. The van der Waals surface area contributed by atoms with Gasteiger partial charge in [-0.05, 0) is 43.1 Å². The fourth-order valence-electron chi connectivity index (χ4n) is 5.39. The summed E-state index contributed by atoms with van der Waals surface area (Å²) in [6.07, 6.45) is 2.34. The van der Waals surface area contributed by atoms with E-state index in [9.17, 15) is 0 Å². The molecule has 3 aromatic rings. The number of thiophene rings is 1. The number of fused-ring (bicyclic) bond motifs is 2. The zero-order valence-electron chi connectivity index (χ0n) is 16.6. The summed E-state index contributed by atoms with van der Waals surface area (Å²) in [6, 6.07) is 11.0. The first-order valence-electron chi connectivity index (χ1n) is 10.8. The molecule has 6 rings (SSSR count). The number of H-pyrrole nitrogens is 1. The van der Waals surface area contributed by atoms with Crippen LogP contribution in [0.1, 0.15) is 0 Å². The van der Waals surface area contributed by atoms with Crippen LogP contribution in [0.15, 0.2) is 41.9 Å². The second-order valence-corrected chi connectivity index (χ2v) is 9.66. The lowest BCUT2D eigenvalue weighted by molar-refractivity contribution is 0.0189. The van der Waals surface area contributed by atoms with Crippen molar-refractivity contribution in [2.75, 3.05) is 57.3 Å². The van der Waals surface area contributed by atoms with Gasteiger partial charge in [-0.3, -0.25) is 0 Å². The third-order valence-corrected chi connectivity index (χ3v) is 7.83. The lowest BCUT2D eigenvalue weighted by Crippen LogP contribution is -2.47. The van der Waals surface area contributed by atoms with Crippen LogP contribution in [0.2, 0.25) is 0 Å². The molecule has 6 heteroatoms. The first-order valence-corrected chi connectivity index (χ1v) is 11.7. The number of likely N-dealkylation sites (tertiary alicyclic amines) is 1. The second kappa shape index (κ2) is 7.43. The molecule has 2 N–H and O–H groups in total. The largest absolute Gasteiger partial charge is 0.373 e. The van der Waals surface area contributed by atoms with Gasteiger partial charge in [-0.1, -0.05) is 12.1 Å². The smallest absolute Gasteiger partial charge is 0.0877 e. The zero-order chi connectivity index (χ0) is 19.2. The minimum Gasteiger partial charge on any atom is -0.373 e. The van der Waals surface area contributed by atoms with Crippen LogP contribution < -0.4 is 10.2 Å². The topological polar surface area (TPSA) is 43.5 Å². The normalized spacial score (nSPS) is 27.7. The number of hydrogen-bond acceptors (Lipinski definition) is 5. The van der Waals surface area contributed by atoms with Crippen LogP contribution in [0.5, 0.6) is 0 Å². The molecule has 3 fully saturated rings. The molecule has 0 spiro atoms. The van der Waals surface area contributed by atoms with E-state index in [4.69, 9.17) is 4.74 Å². The average Bonchev–Trinajstić information content (AvgIpc) is 3.51. The molecular formula is C23H28N4OS. The van der Waals surface area contributed by atoms with E-state index in [0.717, 1.165) is 38.1 Å². The van der Waals surface area contributed by atoms with Gasteiger partial charge in [0.2, 0.25) is 0 Å². The van der Waals surface area contributed by atoms with E-state index in [-0.39, 0.29) is 0 Å². The van der Waals surface area contributed by atoms with Crippen LogP contribution in [0.3, 0.4) is 0 Å². The first-order chi connectivity index (χ1) is 14.3. The Labute approximate surface area is 175 Å². The number of anilines is 1. The van der Waals surface area contributed by atoms with Crippen molar-refractivity contribution in [3.63, 3.8) is 0 Å². The van der Waals surface area contributed by atoms with Gasteiger partial charge in [0.15, 0.2) is 0 Å². The maximum Gasteiger partial charge on any atom is 0.0877 e. The van der Waals surface area contributed by atoms with E-state index in [0.29, 0.717) is 6.10 Å². The molecule has 1 aromatic carbocycles. The molecule has 3 aliphatic rings. The summed E-state index contributed by atoms with van der Waals surface area (Å²) in [4.78, 5) is 9.82. The van der Waals surface area contributed by atoms with Gasteiger partial charge in [0.25, 0.3) is 0 Å². The maximum atomic E-state index is 6.15. The van der Waals surface area contributed by atoms with Crippen LogP contribution in [0, 0.1) is 11.8 Å². The van der Waals surface area contributed by atoms with E-state index in [2.05, 4.69) is 55.8 Å². The summed E-state index contributed by atoms with van der Waals surface area (Å²) in [5.74, 6) is 1.70. The molecule has 0 bridgehead atoms. The van der Waals surface area contributed by atoms with Crippen LogP contribution in [0.25, 0.3) is 21.3 Å². The summed E-state index contributed by atoms with van der Waals surface area (Å²) in [6.45, 7) is 8.75. The number of nitrogens with one attached hydrogen (secondary N) is 2. The van der Waals surface area contributed by atoms with Gasteiger partial charge in [-0.25, -0.2) is 0 Å². The van der Waals surface area contributed by atoms with Gasteiger partial charge < -0.3 is 24.8 Å². The number of rotatable bonds is 4. The number of hydrogen-bond donors (Lipinski definition) is 2. The highest BCUT2D eigenvalue weighted by atomic mass is 32.1. The van der Waals surface area contributed by atoms with E-state index in [1.807, 2.05) is 17.5 Å². The summed E-state index contributed by atoms with van der Waals surface area (Å²) >= 11 is 1.85. The molecule has 0 saturated carbocycles. The molecule has 3 atom stereocenters. The quantitative estimate of drug-likeness (QED) is 0.696. The van der Waals surface area contributed by atoms with Gasteiger partial charge in [-0.2, -0.15) is 0 Å². The Morgan fingerprint density at radius 3 is 2.90 bits per heavy atom. The maximum absolute atomic E-state index is 6.15. The lowest BCUT2D eigenvalue weighted by Gasteiger charge is -2.35. The number of aromatic amines is 1. The molecule has 2 aromatic heterocycles. The molecule has 0 aliphatic carbocycles. The highest BCUT2D eigenvalue weighted by molar-refractivity contribution is 7.14. The number of aromatic nitrogens is 1. The SMILES string of the molecule is c1cc(-c2cc(N3CCOC(CN4CC5CNCC5C4)C3)cs2)c2cc[nH]c2c1. The molecule has 3 unspecified atom stereocenters.